The average Bonchev–Trinajstić information content (AvgIpc) is 2.61. The van der Waals surface area contributed by atoms with Gasteiger partial charge in [-0.25, -0.2) is 9.18 Å². The van der Waals surface area contributed by atoms with Crippen molar-refractivity contribution in [3.8, 4) is 17.0 Å². The van der Waals surface area contributed by atoms with Crippen molar-refractivity contribution < 1.29 is 18.7 Å². The van der Waals surface area contributed by atoms with Crippen molar-refractivity contribution in [3.63, 3.8) is 0 Å². The molecule has 0 radical (unpaired) electrons. The Kier molecular flexibility index (Phi) is 4.95. The van der Waals surface area contributed by atoms with Crippen molar-refractivity contribution >= 4 is 28.5 Å². The summed E-state index contributed by atoms with van der Waals surface area (Å²) in [4.78, 5) is 28.3. The lowest BCUT2D eigenvalue weighted by Gasteiger charge is -2.12. The molecule has 134 valence electrons. The van der Waals surface area contributed by atoms with Crippen LogP contribution in [0.3, 0.4) is 0 Å². The minimum atomic E-state index is -0.790. The first-order chi connectivity index (χ1) is 12.5. The van der Waals surface area contributed by atoms with Crippen LogP contribution in [-0.2, 0) is 4.74 Å². The number of hydrogen-bond donors (Lipinski definition) is 1. The fourth-order valence-electron chi connectivity index (χ4n) is 2.70. The Morgan fingerprint density at radius 3 is 2.69 bits per heavy atom. The van der Waals surface area contributed by atoms with Gasteiger partial charge in [-0.15, -0.1) is 0 Å². The number of aromatic amines is 1. The Labute approximate surface area is 153 Å². The zero-order chi connectivity index (χ0) is 18.8. The summed E-state index contributed by atoms with van der Waals surface area (Å²) in [5.41, 5.74) is 0.274. The first kappa shape index (κ1) is 17.9. The molecule has 0 saturated heterocycles. The summed E-state index contributed by atoms with van der Waals surface area (Å²) in [7, 11) is 1.33. The van der Waals surface area contributed by atoms with Crippen molar-refractivity contribution in [3.05, 3.63) is 63.0 Å². The summed E-state index contributed by atoms with van der Waals surface area (Å²) in [6.45, 7) is 1.74. The number of ether oxygens (including phenoxy) is 2. The topological polar surface area (TPSA) is 68.4 Å². The number of hydrogen-bond acceptors (Lipinski definition) is 4. The quantitative estimate of drug-likeness (QED) is 0.695. The molecule has 0 aliphatic carbocycles. The Morgan fingerprint density at radius 1 is 1.27 bits per heavy atom. The first-order valence-electron chi connectivity index (χ1n) is 7.82. The van der Waals surface area contributed by atoms with Crippen molar-refractivity contribution in [2.24, 2.45) is 0 Å². The van der Waals surface area contributed by atoms with Gasteiger partial charge in [-0.2, -0.15) is 0 Å². The zero-order valence-electron chi connectivity index (χ0n) is 14.1. The monoisotopic (exact) mass is 375 g/mol. The molecule has 0 atom stereocenters. The zero-order valence-corrected chi connectivity index (χ0v) is 14.8. The lowest BCUT2D eigenvalue weighted by molar-refractivity contribution is 0.0525. The summed E-state index contributed by atoms with van der Waals surface area (Å²) in [6.07, 6.45) is 0. The van der Waals surface area contributed by atoms with Gasteiger partial charge < -0.3 is 14.5 Å². The molecular formula is C19H15ClFNO4. The molecule has 1 N–H and O–H groups in total. The molecule has 1 aromatic heterocycles. The maximum Gasteiger partial charge on any atom is 0.344 e. The summed E-state index contributed by atoms with van der Waals surface area (Å²) in [5, 5.41) is 0.465. The van der Waals surface area contributed by atoms with Gasteiger partial charge in [0.15, 0.2) is 11.6 Å². The van der Waals surface area contributed by atoms with E-state index in [-0.39, 0.29) is 29.0 Å². The molecule has 7 heteroatoms. The number of H-pyrrole nitrogens is 1. The van der Waals surface area contributed by atoms with Gasteiger partial charge in [0.1, 0.15) is 5.56 Å². The maximum atomic E-state index is 14.0. The highest BCUT2D eigenvalue weighted by molar-refractivity contribution is 6.30. The molecule has 0 aliphatic heterocycles. The molecule has 2 aromatic carbocycles. The van der Waals surface area contributed by atoms with Crippen LogP contribution in [0.4, 0.5) is 4.39 Å². The fourth-order valence-corrected chi connectivity index (χ4v) is 2.90. The van der Waals surface area contributed by atoms with Crippen LogP contribution in [0.25, 0.3) is 22.2 Å². The van der Waals surface area contributed by atoms with E-state index < -0.39 is 17.2 Å². The summed E-state index contributed by atoms with van der Waals surface area (Å²) < 4.78 is 24.0. The van der Waals surface area contributed by atoms with Crippen molar-refractivity contribution in [2.45, 2.75) is 6.92 Å². The summed E-state index contributed by atoms with van der Waals surface area (Å²) in [6, 6.07) is 9.09. The van der Waals surface area contributed by atoms with E-state index >= 15 is 0 Å². The van der Waals surface area contributed by atoms with Crippen LogP contribution in [0.5, 0.6) is 5.75 Å². The van der Waals surface area contributed by atoms with E-state index in [0.717, 1.165) is 6.07 Å². The molecule has 0 bridgehead atoms. The van der Waals surface area contributed by atoms with E-state index in [1.807, 2.05) is 0 Å². The Morgan fingerprint density at radius 2 is 2.04 bits per heavy atom. The van der Waals surface area contributed by atoms with Crippen molar-refractivity contribution in [1.82, 2.24) is 4.98 Å². The van der Waals surface area contributed by atoms with Crippen LogP contribution in [-0.4, -0.2) is 24.7 Å². The number of rotatable bonds is 4. The molecule has 1 heterocycles. The second kappa shape index (κ2) is 7.17. The number of carbonyl (C=O) groups excluding carboxylic acids is 1. The van der Waals surface area contributed by atoms with Crippen LogP contribution < -0.4 is 10.2 Å². The van der Waals surface area contributed by atoms with Crippen LogP contribution in [0, 0.1) is 5.82 Å². The fraction of sp³-hybridized carbons (Fsp3) is 0.158. The number of halogens is 2. The van der Waals surface area contributed by atoms with Crippen LogP contribution >= 0.6 is 11.6 Å². The molecule has 3 rings (SSSR count). The number of esters is 1. The Hall–Kier alpha value is -2.86. The van der Waals surface area contributed by atoms with Crippen molar-refractivity contribution in [2.75, 3.05) is 13.7 Å². The van der Waals surface area contributed by atoms with E-state index in [9.17, 15) is 14.0 Å². The van der Waals surface area contributed by atoms with Gasteiger partial charge in [-0.1, -0.05) is 23.7 Å². The smallest absolute Gasteiger partial charge is 0.344 e. The lowest BCUT2D eigenvalue weighted by atomic mass is 10.0. The number of pyridine rings is 1. The molecule has 0 fully saturated rings. The van der Waals surface area contributed by atoms with Gasteiger partial charge >= 0.3 is 5.97 Å². The van der Waals surface area contributed by atoms with Gasteiger partial charge in [-0.05, 0) is 25.1 Å². The molecule has 3 aromatic rings. The third-order valence-corrected chi connectivity index (χ3v) is 4.10. The average molecular weight is 376 g/mol. The second-order valence-corrected chi connectivity index (χ2v) is 5.90. The number of aromatic nitrogens is 1. The minimum Gasteiger partial charge on any atom is -0.494 e. The number of methoxy groups -OCH3 is 1. The molecule has 0 amide bonds. The normalized spacial score (nSPS) is 10.8. The van der Waals surface area contributed by atoms with E-state index in [4.69, 9.17) is 21.1 Å². The predicted octanol–water partition coefficient (Wildman–Crippen LogP) is 4.17. The Bertz CT molecular complexity index is 1060. The first-order valence-corrected chi connectivity index (χ1v) is 8.20. The van der Waals surface area contributed by atoms with Crippen LogP contribution in [0.2, 0.25) is 5.02 Å². The SMILES string of the molecule is CCOC(=O)c1c(-c2cccc(Cl)c2)[nH]c2cc(OC)c(F)cc2c1=O. The molecule has 0 aliphatic rings. The van der Waals surface area contributed by atoms with Gasteiger partial charge in [0.25, 0.3) is 0 Å². The van der Waals surface area contributed by atoms with Gasteiger partial charge in [0.05, 0.1) is 24.9 Å². The molecule has 0 unspecified atom stereocenters. The van der Waals surface area contributed by atoms with Crippen LogP contribution in [0.1, 0.15) is 17.3 Å². The van der Waals surface area contributed by atoms with E-state index in [2.05, 4.69) is 4.98 Å². The lowest BCUT2D eigenvalue weighted by Crippen LogP contribution is -2.20. The maximum absolute atomic E-state index is 14.0. The Balaban J connectivity index is 2.40. The van der Waals surface area contributed by atoms with E-state index in [1.54, 1.807) is 31.2 Å². The second-order valence-electron chi connectivity index (χ2n) is 5.47. The molecule has 5 nitrogen and oxygen atoms in total. The summed E-state index contributed by atoms with van der Waals surface area (Å²) in [5.74, 6) is -1.51. The predicted molar refractivity (Wildman–Crippen MR) is 97.5 cm³/mol. The molecule has 0 spiro atoms. The van der Waals surface area contributed by atoms with Crippen LogP contribution in [0.15, 0.2) is 41.2 Å². The van der Waals surface area contributed by atoms with Gasteiger partial charge in [-0.3, -0.25) is 4.79 Å². The number of benzene rings is 2. The molecular weight excluding hydrogens is 361 g/mol. The number of nitrogens with one attached hydrogen (secondary N) is 1. The molecule has 0 saturated carbocycles. The van der Waals surface area contributed by atoms with Gasteiger partial charge in [0.2, 0.25) is 5.43 Å². The third kappa shape index (κ3) is 3.15. The van der Waals surface area contributed by atoms with E-state index in [1.165, 1.54) is 13.2 Å². The van der Waals surface area contributed by atoms with E-state index in [0.29, 0.717) is 16.1 Å². The number of fused-ring (bicyclic) bond motifs is 1. The standard InChI is InChI=1S/C19H15ClFNO4/c1-3-26-19(24)16-17(10-5-4-6-11(20)7-10)22-14-9-15(25-2)13(21)8-12(14)18(16)23/h4-9H,3H2,1-2H3,(H,22,23). The largest absolute Gasteiger partial charge is 0.494 e. The molecule has 26 heavy (non-hydrogen) atoms. The highest BCUT2D eigenvalue weighted by atomic mass is 35.5. The third-order valence-electron chi connectivity index (χ3n) is 3.87. The van der Waals surface area contributed by atoms with Gasteiger partial charge in [0, 0.05) is 22.0 Å². The summed E-state index contributed by atoms with van der Waals surface area (Å²) >= 11 is 6.04. The van der Waals surface area contributed by atoms with Crippen molar-refractivity contribution in [1.29, 1.82) is 0 Å². The number of carbonyl (C=O) groups is 1. The highest BCUT2D eigenvalue weighted by Crippen LogP contribution is 2.28. The minimum absolute atomic E-state index is 0.0194. The highest BCUT2D eigenvalue weighted by Gasteiger charge is 2.22.